The van der Waals surface area contributed by atoms with Gasteiger partial charge in [-0.2, -0.15) is 5.10 Å². The molecule has 2 aromatic carbocycles. The lowest BCUT2D eigenvalue weighted by atomic mass is 9.92. The molecule has 0 radical (unpaired) electrons. The van der Waals surface area contributed by atoms with Crippen LogP contribution in [0.2, 0.25) is 0 Å². The van der Waals surface area contributed by atoms with Crippen molar-refractivity contribution < 1.29 is 14.2 Å². The molecule has 1 saturated heterocycles. The van der Waals surface area contributed by atoms with Crippen LogP contribution >= 0.6 is 0 Å². The first kappa shape index (κ1) is 24.0. The summed E-state index contributed by atoms with van der Waals surface area (Å²) in [5, 5.41) is 7.89. The normalized spacial score (nSPS) is 14.6. The molecule has 0 bridgehead atoms. The first-order chi connectivity index (χ1) is 17.4. The molecule has 36 heavy (non-hydrogen) atoms. The Morgan fingerprint density at radius 1 is 1.03 bits per heavy atom. The number of methoxy groups -OCH3 is 2. The van der Waals surface area contributed by atoms with E-state index < -0.39 is 0 Å². The number of nitrogens with zero attached hydrogens (tertiary/aromatic N) is 5. The molecule has 3 heterocycles. The molecule has 0 atom stereocenters. The zero-order valence-electron chi connectivity index (χ0n) is 21.4. The van der Waals surface area contributed by atoms with Crippen molar-refractivity contribution in [1.82, 2.24) is 25.1 Å². The number of ether oxygens (including phenoxy) is 3. The lowest BCUT2D eigenvalue weighted by Gasteiger charge is -2.51. The summed E-state index contributed by atoms with van der Waals surface area (Å²) in [7, 11) is 5.22. The van der Waals surface area contributed by atoms with Gasteiger partial charge in [-0.15, -0.1) is 0 Å². The zero-order chi connectivity index (χ0) is 25.3. The van der Waals surface area contributed by atoms with Gasteiger partial charge in [0.1, 0.15) is 17.0 Å². The molecule has 2 aromatic heterocycles. The van der Waals surface area contributed by atoms with E-state index in [2.05, 4.69) is 46.3 Å². The predicted octanol–water partition coefficient (Wildman–Crippen LogP) is 3.95. The molecule has 1 aliphatic rings. The van der Waals surface area contributed by atoms with E-state index in [1.807, 2.05) is 37.5 Å². The number of benzene rings is 2. The second-order valence-corrected chi connectivity index (χ2v) is 9.49. The number of hydrogen-bond donors (Lipinski definition) is 1. The van der Waals surface area contributed by atoms with Gasteiger partial charge in [-0.3, -0.25) is 9.67 Å². The van der Waals surface area contributed by atoms with Gasteiger partial charge in [0.25, 0.3) is 0 Å². The van der Waals surface area contributed by atoms with Crippen molar-refractivity contribution in [2.24, 2.45) is 7.05 Å². The van der Waals surface area contributed by atoms with Crippen LogP contribution in [-0.4, -0.2) is 65.3 Å². The lowest BCUT2D eigenvalue weighted by Crippen LogP contribution is -2.66. The molecule has 9 heteroatoms. The molecule has 0 saturated carbocycles. The molecule has 1 fully saturated rings. The maximum Gasteiger partial charge on any atom is 0.124 e. The second-order valence-electron chi connectivity index (χ2n) is 9.49. The van der Waals surface area contributed by atoms with Gasteiger partial charge in [-0.05, 0) is 18.2 Å². The number of anilines is 2. The van der Waals surface area contributed by atoms with Gasteiger partial charge >= 0.3 is 0 Å². The maximum absolute atomic E-state index is 5.79. The number of aryl methyl sites for hydroxylation is 1. The third-order valence-corrected chi connectivity index (χ3v) is 6.43. The predicted molar refractivity (Wildman–Crippen MR) is 140 cm³/mol. The van der Waals surface area contributed by atoms with E-state index in [4.69, 9.17) is 19.2 Å². The molecular formula is C27H32N6O3. The Morgan fingerprint density at radius 3 is 2.36 bits per heavy atom. The summed E-state index contributed by atoms with van der Waals surface area (Å²) in [6.07, 6.45) is 5.52. The van der Waals surface area contributed by atoms with Crippen LogP contribution in [-0.2, 0) is 11.8 Å². The van der Waals surface area contributed by atoms with E-state index in [-0.39, 0.29) is 5.54 Å². The first-order valence-corrected chi connectivity index (χ1v) is 12.0. The van der Waals surface area contributed by atoms with Crippen LogP contribution in [0, 0.1) is 0 Å². The molecule has 5 rings (SSSR count). The van der Waals surface area contributed by atoms with Crippen LogP contribution in [0.1, 0.15) is 13.8 Å². The summed E-state index contributed by atoms with van der Waals surface area (Å²) in [5.41, 5.74) is 5.00. The van der Waals surface area contributed by atoms with Gasteiger partial charge in [-0.25, -0.2) is 4.98 Å². The monoisotopic (exact) mass is 488 g/mol. The summed E-state index contributed by atoms with van der Waals surface area (Å²) < 4.78 is 18.8. The fourth-order valence-electron chi connectivity index (χ4n) is 4.49. The molecule has 188 valence electrons. The number of aromatic nitrogens is 4. The van der Waals surface area contributed by atoms with Crippen LogP contribution < -0.4 is 19.7 Å². The fraction of sp³-hybridized carbons (Fsp3) is 0.370. The van der Waals surface area contributed by atoms with Gasteiger partial charge in [-0.1, -0.05) is 13.8 Å². The highest BCUT2D eigenvalue weighted by molar-refractivity contribution is 5.83. The zero-order valence-corrected chi connectivity index (χ0v) is 21.4. The standard InChI is InChI=1S/C27H32N6O3/c1-18(2)29-15-27(16-36-17-27)33(21-8-22(34-4)11-23(9-21)35-5)20-6-7-24-25(10-20)31-26(13-28-24)19-12-30-32(3)14-19/h6-14,18,29H,15-17H2,1-5H3. The van der Waals surface area contributed by atoms with Crippen molar-refractivity contribution in [3.05, 3.63) is 55.0 Å². The Bertz CT molecular complexity index is 1340. The van der Waals surface area contributed by atoms with Gasteiger partial charge in [0.15, 0.2) is 0 Å². The average molecular weight is 489 g/mol. The van der Waals surface area contributed by atoms with E-state index in [1.165, 1.54) is 0 Å². The number of rotatable bonds is 9. The largest absolute Gasteiger partial charge is 0.497 e. The number of hydrogen-bond acceptors (Lipinski definition) is 8. The fourth-order valence-corrected chi connectivity index (χ4v) is 4.49. The second kappa shape index (κ2) is 9.75. The lowest BCUT2D eigenvalue weighted by molar-refractivity contribution is -0.0522. The Morgan fingerprint density at radius 2 is 1.78 bits per heavy atom. The van der Waals surface area contributed by atoms with E-state index in [0.29, 0.717) is 19.3 Å². The van der Waals surface area contributed by atoms with Gasteiger partial charge in [0, 0.05) is 61.0 Å². The maximum atomic E-state index is 5.79. The van der Waals surface area contributed by atoms with Crippen LogP contribution in [0.4, 0.5) is 11.4 Å². The van der Waals surface area contributed by atoms with Crippen LogP contribution in [0.3, 0.4) is 0 Å². The highest BCUT2D eigenvalue weighted by atomic mass is 16.5. The highest BCUT2D eigenvalue weighted by Crippen LogP contribution is 2.41. The van der Waals surface area contributed by atoms with Crippen molar-refractivity contribution in [2.75, 3.05) is 38.9 Å². The van der Waals surface area contributed by atoms with Crippen LogP contribution in [0.5, 0.6) is 11.5 Å². The van der Waals surface area contributed by atoms with Gasteiger partial charge < -0.3 is 24.4 Å². The Labute approximate surface area is 211 Å². The minimum Gasteiger partial charge on any atom is -0.497 e. The molecule has 0 aliphatic carbocycles. The van der Waals surface area contributed by atoms with Crippen molar-refractivity contribution in [3.63, 3.8) is 0 Å². The summed E-state index contributed by atoms with van der Waals surface area (Å²) in [5.74, 6) is 1.45. The minimum atomic E-state index is -0.288. The summed E-state index contributed by atoms with van der Waals surface area (Å²) >= 11 is 0. The minimum absolute atomic E-state index is 0.288. The molecule has 0 amide bonds. The molecule has 1 N–H and O–H groups in total. The SMILES string of the molecule is COc1cc(OC)cc(N(c2ccc3ncc(-c4cnn(C)c4)nc3c2)C2(CNC(C)C)COC2)c1. The highest BCUT2D eigenvalue weighted by Gasteiger charge is 2.45. The van der Waals surface area contributed by atoms with Gasteiger partial charge in [0.2, 0.25) is 0 Å². The molecule has 0 unspecified atom stereocenters. The van der Waals surface area contributed by atoms with Crippen molar-refractivity contribution in [1.29, 1.82) is 0 Å². The number of fused-ring (bicyclic) bond motifs is 1. The average Bonchev–Trinajstić information content (AvgIpc) is 3.30. The van der Waals surface area contributed by atoms with Crippen molar-refractivity contribution in [2.45, 2.75) is 25.4 Å². The third-order valence-electron chi connectivity index (χ3n) is 6.43. The topological polar surface area (TPSA) is 86.6 Å². The van der Waals surface area contributed by atoms with Crippen LogP contribution in [0.15, 0.2) is 55.0 Å². The summed E-state index contributed by atoms with van der Waals surface area (Å²) in [4.78, 5) is 11.9. The Balaban J connectivity index is 1.64. The molecule has 9 nitrogen and oxygen atoms in total. The van der Waals surface area contributed by atoms with Crippen molar-refractivity contribution >= 4 is 22.4 Å². The Hall–Kier alpha value is -3.69. The van der Waals surface area contributed by atoms with Crippen LogP contribution in [0.25, 0.3) is 22.3 Å². The smallest absolute Gasteiger partial charge is 0.124 e. The Kier molecular flexibility index (Phi) is 6.51. The van der Waals surface area contributed by atoms with Gasteiger partial charge in [0.05, 0.1) is 56.6 Å². The van der Waals surface area contributed by atoms with E-state index in [0.717, 1.165) is 51.7 Å². The number of nitrogens with one attached hydrogen (secondary N) is 1. The molecule has 1 aliphatic heterocycles. The first-order valence-electron chi connectivity index (χ1n) is 12.0. The molecule has 4 aromatic rings. The van der Waals surface area contributed by atoms with E-state index in [9.17, 15) is 0 Å². The van der Waals surface area contributed by atoms with E-state index in [1.54, 1.807) is 31.3 Å². The van der Waals surface area contributed by atoms with Crippen molar-refractivity contribution in [3.8, 4) is 22.8 Å². The summed E-state index contributed by atoms with van der Waals surface area (Å²) in [6, 6.07) is 12.5. The quantitative estimate of drug-likeness (QED) is 0.379. The molecule has 0 spiro atoms. The molecular weight excluding hydrogens is 456 g/mol. The van der Waals surface area contributed by atoms with E-state index >= 15 is 0 Å². The third kappa shape index (κ3) is 4.59. The summed E-state index contributed by atoms with van der Waals surface area (Å²) in [6.45, 7) is 6.23.